The number of anilines is 1. The Balaban J connectivity index is 0.00000243. The summed E-state index contributed by atoms with van der Waals surface area (Å²) in [4.78, 5) is 13.9. The zero-order chi connectivity index (χ0) is 17.8. The van der Waals surface area contributed by atoms with Crippen LogP contribution in [-0.4, -0.2) is 19.1 Å². The standard InChI is InChI=1S/C18H18ClN3O2S.ClH/c19-15-6-5-11(24-8-7-20)9-13(15)17(23)22-18-14(10-21)12-3-1-2-4-16(12)25-18;/h5-6,9H,1-4,7-8,20H2,(H,22,23);1H. The highest BCUT2D eigenvalue weighted by molar-refractivity contribution is 7.16. The summed E-state index contributed by atoms with van der Waals surface area (Å²) in [6.07, 6.45) is 4.07. The molecule has 0 saturated heterocycles. The van der Waals surface area contributed by atoms with Crippen molar-refractivity contribution in [2.24, 2.45) is 5.73 Å². The van der Waals surface area contributed by atoms with Crippen molar-refractivity contribution in [3.8, 4) is 11.8 Å². The summed E-state index contributed by atoms with van der Waals surface area (Å²) in [7, 11) is 0. The lowest BCUT2D eigenvalue weighted by Gasteiger charge is -2.10. The van der Waals surface area contributed by atoms with Crippen molar-refractivity contribution in [1.82, 2.24) is 0 Å². The van der Waals surface area contributed by atoms with E-state index in [9.17, 15) is 10.1 Å². The normalized spacial score (nSPS) is 12.5. The number of amides is 1. The molecule has 1 amide bonds. The molecule has 0 radical (unpaired) electrons. The smallest absolute Gasteiger partial charge is 0.257 e. The molecule has 0 saturated carbocycles. The van der Waals surface area contributed by atoms with Crippen molar-refractivity contribution in [3.63, 3.8) is 0 Å². The molecule has 1 heterocycles. The molecule has 3 N–H and O–H groups in total. The predicted octanol–water partition coefficient (Wildman–Crippen LogP) is 4.16. The molecule has 1 aromatic heterocycles. The van der Waals surface area contributed by atoms with Crippen LogP contribution in [0.5, 0.6) is 5.75 Å². The third-order valence-electron chi connectivity index (χ3n) is 4.08. The number of nitrogens with one attached hydrogen (secondary N) is 1. The summed E-state index contributed by atoms with van der Waals surface area (Å²) in [6, 6.07) is 7.14. The van der Waals surface area contributed by atoms with Gasteiger partial charge in [0.05, 0.1) is 16.1 Å². The third kappa shape index (κ3) is 4.30. The van der Waals surface area contributed by atoms with Gasteiger partial charge in [0.2, 0.25) is 0 Å². The van der Waals surface area contributed by atoms with E-state index in [1.807, 2.05) is 0 Å². The Morgan fingerprint density at radius 1 is 1.38 bits per heavy atom. The molecule has 0 aliphatic heterocycles. The molecule has 0 fully saturated rings. The fraction of sp³-hybridized carbons (Fsp3) is 0.333. The summed E-state index contributed by atoms with van der Waals surface area (Å²) < 4.78 is 5.45. The number of nitrogens with two attached hydrogens (primary N) is 1. The predicted molar refractivity (Wildman–Crippen MR) is 107 cm³/mol. The minimum absolute atomic E-state index is 0. The second-order valence-electron chi connectivity index (χ2n) is 5.76. The summed E-state index contributed by atoms with van der Waals surface area (Å²) in [5.74, 6) is 0.185. The molecule has 138 valence electrons. The minimum atomic E-state index is -0.349. The number of aryl methyl sites for hydroxylation is 1. The lowest BCUT2D eigenvalue weighted by molar-refractivity contribution is 0.102. The van der Waals surface area contributed by atoms with Gasteiger partial charge in [0.15, 0.2) is 0 Å². The maximum absolute atomic E-state index is 12.7. The average molecular weight is 412 g/mol. The number of thiophene rings is 1. The van der Waals surface area contributed by atoms with Crippen LogP contribution in [0.25, 0.3) is 0 Å². The van der Waals surface area contributed by atoms with Gasteiger partial charge in [-0.1, -0.05) is 11.6 Å². The maximum Gasteiger partial charge on any atom is 0.257 e. The lowest BCUT2D eigenvalue weighted by Crippen LogP contribution is -2.14. The number of nitrogens with zero attached hydrogens (tertiary/aromatic N) is 1. The van der Waals surface area contributed by atoms with E-state index in [-0.39, 0.29) is 18.3 Å². The van der Waals surface area contributed by atoms with Crippen LogP contribution < -0.4 is 15.8 Å². The zero-order valence-electron chi connectivity index (χ0n) is 14.0. The molecule has 1 aromatic carbocycles. The quantitative estimate of drug-likeness (QED) is 0.772. The van der Waals surface area contributed by atoms with Gasteiger partial charge >= 0.3 is 0 Å². The highest BCUT2D eigenvalue weighted by Crippen LogP contribution is 2.38. The van der Waals surface area contributed by atoms with Gasteiger partial charge in [0.25, 0.3) is 5.91 Å². The Bertz CT molecular complexity index is 846. The molecule has 0 unspecified atom stereocenters. The maximum atomic E-state index is 12.7. The van der Waals surface area contributed by atoms with Gasteiger partial charge in [-0.3, -0.25) is 4.79 Å². The van der Waals surface area contributed by atoms with E-state index < -0.39 is 0 Å². The molecule has 1 aliphatic rings. The van der Waals surface area contributed by atoms with E-state index in [0.29, 0.717) is 40.1 Å². The highest BCUT2D eigenvalue weighted by Gasteiger charge is 2.22. The molecule has 0 bridgehead atoms. The lowest BCUT2D eigenvalue weighted by atomic mass is 9.96. The SMILES string of the molecule is Cl.N#Cc1c(NC(=O)c2cc(OCCN)ccc2Cl)sc2c1CCCC2. The second-order valence-corrected chi connectivity index (χ2v) is 7.27. The van der Waals surface area contributed by atoms with Crippen LogP contribution in [0.2, 0.25) is 5.02 Å². The number of rotatable bonds is 5. The van der Waals surface area contributed by atoms with Crippen LogP contribution in [0.4, 0.5) is 5.00 Å². The Morgan fingerprint density at radius 3 is 2.88 bits per heavy atom. The third-order valence-corrected chi connectivity index (χ3v) is 5.62. The van der Waals surface area contributed by atoms with Crippen molar-refractivity contribution >= 4 is 46.3 Å². The summed E-state index contributed by atoms with van der Waals surface area (Å²) >= 11 is 7.65. The number of hydrogen-bond acceptors (Lipinski definition) is 5. The van der Waals surface area contributed by atoms with Gasteiger partial charge in [-0.05, 0) is 49.4 Å². The van der Waals surface area contributed by atoms with E-state index in [1.54, 1.807) is 18.2 Å². The van der Waals surface area contributed by atoms with E-state index in [0.717, 1.165) is 31.2 Å². The van der Waals surface area contributed by atoms with Crippen molar-refractivity contribution in [2.45, 2.75) is 25.7 Å². The van der Waals surface area contributed by atoms with Crippen LogP contribution in [0.3, 0.4) is 0 Å². The van der Waals surface area contributed by atoms with Crippen LogP contribution in [0, 0.1) is 11.3 Å². The number of hydrogen-bond donors (Lipinski definition) is 2. The summed E-state index contributed by atoms with van der Waals surface area (Å²) in [5.41, 5.74) is 7.40. The van der Waals surface area contributed by atoms with E-state index in [1.165, 1.54) is 16.2 Å². The topological polar surface area (TPSA) is 88.1 Å². The number of carbonyl (C=O) groups is 1. The van der Waals surface area contributed by atoms with E-state index in [2.05, 4.69) is 11.4 Å². The Labute approximate surface area is 167 Å². The number of halogens is 2. The number of fused-ring (bicyclic) bond motifs is 1. The number of ether oxygens (including phenoxy) is 1. The minimum Gasteiger partial charge on any atom is -0.492 e. The fourth-order valence-corrected chi connectivity index (χ4v) is 4.33. The molecule has 2 aromatic rings. The van der Waals surface area contributed by atoms with Crippen LogP contribution >= 0.6 is 35.3 Å². The second kappa shape index (κ2) is 9.24. The molecular weight excluding hydrogens is 393 g/mol. The van der Waals surface area contributed by atoms with Crippen LogP contribution in [-0.2, 0) is 12.8 Å². The summed E-state index contributed by atoms with van der Waals surface area (Å²) in [6.45, 7) is 0.745. The average Bonchev–Trinajstić information content (AvgIpc) is 2.97. The van der Waals surface area contributed by atoms with Crippen molar-refractivity contribution in [3.05, 3.63) is 44.8 Å². The monoisotopic (exact) mass is 411 g/mol. The van der Waals surface area contributed by atoms with Crippen molar-refractivity contribution in [1.29, 1.82) is 5.26 Å². The number of carbonyl (C=O) groups excluding carboxylic acids is 1. The Morgan fingerprint density at radius 2 is 2.15 bits per heavy atom. The molecule has 5 nitrogen and oxygen atoms in total. The van der Waals surface area contributed by atoms with E-state index >= 15 is 0 Å². The number of nitriles is 1. The van der Waals surface area contributed by atoms with E-state index in [4.69, 9.17) is 22.1 Å². The van der Waals surface area contributed by atoms with Gasteiger partial charge in [-0.2, -0.15) is 5.26 Å². The van der Waals surface area contributed by atoms with Crippen molar-refractivity contribution in [2.75, 3.05) is 18.5 Å². The molecule has 1 aliphatic carbocycles. The van der Waals surface area contributed by atoms with Gasteiger partial charge < -0.3 is 15.8 Å². The molecule has 3 rings (SSSR count). The van der Waals surface area contributed by atoms with Crippen molar-refractivity contribution < 1.29 is 9.53 Å². The highest BCUT2D eigenvalue weighted by atomic mass is 35.5. The molecular formula is C18H19Cl2N3O2S. The summed E-state index contributed by atoms with van der Waals surface area (Å²) in [5, 5.41) is 13.3. The first-order valence-corrected chi connectivity index (χ1v) is 9.32. The van der Waals surface area contributed by atoms with Gasteiger partial charge in [-0.25, -0.2) is 0 Å². The first-order chi connectivity index (χ1) is 12.1. The fourth-order valence-electron chi connectivity index (χ4n) is 2.89. The van der Waals surface area contributed by atoms with Gasteiger partial charge in [0.1, 0.15) is 23.4 Å². The first kappa shape index (κ1) is 20.5. The van der Waals surface area contributed by atoms with Crippen LogP contribution in [0.1, 0.15) is 39.2 Å². The zero-order valence-corrected chi connectivity index (χ0v) is 16.4. The molecule has 0 spiro atoms. The molecule has 26 heavy (non-hydrogen) atoms. The van der Waals surface area contributed by atoms with Crippen LogP contribution in [0.15, 0.2) is 18.2 Å². The first-order valence-electron chi connectivity index (χ1n) is 8.12. The molecule has 8 heteroatoms. The number of benzene rings is 1. The van der Waals surface area contributed by atoms with Gasteiger partial charge in [-0.15, -0.1) is 23.7 Å². The Hall–Kier alpha value is -1.78. The van der Waals surface area contributed by atoms with Gasteiger partial charge in [0, 0.05) is 11.4 Å². The largest absolute Gasteiger partial charge is 0.492 e. The Kier molecular flexibility index (Phi) is 7.30. The molecule has 0 atom stereocenters.